The van der Waals surface area contributed by atoms with Crippen LogP contribution in [-0.4, -0.2) is 18.9 Å². The van der Waals surface area contributed by atoms with Crippen molar-refractivity contribution in [3.05, 3.63) is 0 Å². The molecule has 27 valence electrons. The van der Waals surface area contributed by atoms with Gasteiger partial charge in [0.05, 0.1) is 0 Å². The van der Waals surface area contributed by atoms with Crippen LogP contribution in [0.3, 0.4) is 0 Å². The maximum absolute atomic E-state index is 8.30. The molecule has 0 rings (SSSR count). The number of hydrogen-bond acceptors (Lipinski definition) is 1. The number of hydrogen-bond donors (Lipinski definition) is 0. The molecule has 7 heavy (non-hydrogen) atoms. The van der Waals surface area contributed by atoms with Gasteiger partial charge >= 0.3 is 59.6 Å². The van der Waals surface area contributed by atoms with Crippen LogP contribution < -0.4 is 0 Å². The van der Waals surface area contributed by atoms with E-state index in [0.717, 1.165) is 0 Å². The molecule has 1 nitrogen and oxygen atoms in total. The first-order valence-electron chi connectivity index (χ1n) is 1.34. The molecular formula is B4NbOZr. The van der Waals surface area contributed by atoms with Crippen molar-refractivity contribution in [3.63, 3.8) is 0 Å². The van der Waals surface area contributed by atoms with E-state index in [2.05, 4.69) is 0 Å². The molecule has 0 atom stereocenters. The summed E-state index contributed by atoms with van der Waals surface area (Å²) in [6, 6.07) is 0. The minimum atomic E-state index is -3.18. The van der Waals surface area contributed by atoms with E-state index in [0.29, 0.717) is 21.0 Å². The summed E-state index contributed by atoms with van der Waals surface area (Å²) in [5.41, 5.74) is 0. The summed E-state index contributed by atoms with van der Waals surface area (Å²) in [5, 5.41) is 0. The summed E-state index contributed by atoms with van der Waals surface area (Å²) < 4.78 is 27.9. The van der Waals surface area contributed by atoms with Crippen molar-refractivity contribution in [1.82, 2.24) is 0 Å². The molecule has 0 radical (unpaired) electrons. The summed E-state index contributed by atoms with van der Waals surface area (Å²) in [5.74, 6) is 0. The number of rotatable bonds is 0. The predicted molar refractivity (Wildman–Crippen MR) is 23.7 cm³/mol. The van der Waals surface area contributed by atoms with Crippen LogP contribution in [0.25, 0.3) is 0 Å². The summed E-state index contributed by atoms with van der Waals surface area (Å²) >= 11 is -2.68. The quantitative estimate of drug-likeness (QED) is 0.466. The van der Waals surface area contributed by atoms with Gasteiger partial charge in [0.25, 0.3) is 0 Å². The van der Waals surface area contributed by atoms with Gasteiger partial charge in [-0.25, -0.2) is 0 Å². The Hall–Kier alpha value is 1.68. The summed E-state index contributed by atoms with van der Waals surface area (Å²) in [6.07, 6.45) is 0. The third-order valence-corrected chi connectivity index (χ3v) is 0. The van der Waals surface area contributed by atoms with Crippen molar-refractivity contribution in [3.8, 4) is 0 Å². The van der Waals surface area contributed by atoms with E-state index in [4.69, 9.17) is 22.2 Å². The summed E-state index contributed by atoms with van der Waals surface area (Å²) in [6.45, 7) is 0. The second kappa shape index (κ2) is 5.81. The first kappa shape index (κ1) is 11.5. The van der Waals surface area contributed by atoms with E-state index in [1.165, 1.54) is 0 Å². The molecule has 0 N–H and O–H groups in total. The van der Waals surface area contributed by atoms with E-state index >= 15 is 0 Å². The van der Waals surface area contributed by atoms with E-state index in [1.54, 1.807) is 0 Å². The Morgan fingerprint density at radius 1 is 1.00 bits per heavy atom. The van der Waals surface area contributed by atoms with E-state index in [-0.39, 0.29) is 0 Å². The fourth-order valence-corrected chi connectivity index (χ4v) is 0. The SMILES string of the molecule is [B]#[Zr](#[B])(#[B])#[B].[O]=[Nb]. The molecule has 0 bridgehead atoms. The van der Waals surface area contributed by atoms with E-state index in [9.17, 15) is 0 Å². The Morgan fingerprint density at radius 2 is 1.00 bits per heavy atom. The van der Waals surface area contributed by atoms with Crippen LogP contribution in [0.1, 0.15) is 0 Å². The molecule has 0 spiro atoms. The van der Waals surface area contributed by atoms with E-state index < -0.39 is 16.5 Å². The zero-order valence-corrected chi connectivity index (χ0v) is 8.32. The molecule has 0 fully saturated rings. The average Bonchev–Trinajstić information content (AvgIpc) is 1.36. The molecule has 0 aromatic heterocycles. The Kier molecular flexibility index (Phi) is 9.53. The van der Waals surface area contributed by atoms with Gasteiger partial charge in [-0.2, -0.15) is 0 Å². The van der Waals surface area contributed by atoms with Crippen molar-refractivity contribution >= 4 is 18.9 Å². The molecule has 0 aliphatic carbocycles. The van der Waals surface area contributed by atoms with Crippen LogP contribution in [0.2, 0.25) is 0 Å². The van der Waals surface area contributed by atoms with Crippen molar-refractivity contribution in [2.45, 2.75) is 0 Å². The van der Waals surface area contributed by atoms with Crippen molar-refractivity contribution in [2.24, 2.45) is 0 Å². The molecule has 0 saturated heterocycles. The predicted octanol–water partition coefficient (Wildman–Crippen LogP) is -1.65. The average molecular weight is 243 g/mol. The van der Waals surface area contributed by atoms with Gasteiger partial charge in [0.2, 0.25) is 0 Å². The molecule has 0 aliphatic rings. The van der Waals surface area contributed by atoms with E-state index in [1.807, 2.05) is 0 Å². The zero-order chi connectivity index (χ0) is 6.50. The summed E-state index contributed by atoms with van der Waals surface area (Å²) in [7, 11) is 0. The normalized spacial score (nSPS) is 11.9. The van der Waals surface area contributed by atoms with Gasteiger partial charge < -0.3 is 0 Å². The second-order valence-corrected chi connectivity index (χ2v) is 5.92. The molecule has 7 heteroatoms. The fourth-order valence-electron chi connectivity index (χ4n) is 0. The summed E-state index contributed by atoms with van der Waals surface area (Å²) in [4.78, 5) is 0. The van der Waals surface area contributed by atoms with Crippen LogP contribution in [0.15, 0.2) is 0 Å². The molecule has 0 amide bonds. The molecule has 0 aliphatic heterocycles. The van der Waals surface area contributed by atoms with Crippen LogP contribution in [-0.2, 0) is 40.7 Å². The minimum absolute atomic E-state index is 0.500. The molecule has 0 saturated carbocycles. The van der Waals surface area contributed by atoms with Crippen molar-refractivity contribution < 1.29 is 40.7 Å². The third kappa shape index (κ3) is 87.6. The van der Waals surface area contributed by atoms with Gasteiger partial charge in [-0.1, -0.05) is 0 Å². The van der Waals surface area contributed by atoms with Gasteiger partial charge in [-0.15, -0.1) is 0 Å². The first-order chi connectivity index (χ1) is 3.00. The topological polar surface area (TPSA) is 17.1 Å². The maximum atomic E-state index is 8.30. The van der Waals surface area contributed by atoms with Crippen molar-refractivity contribution in [1.29, 1.82) is 0 Å². The van der Waals surface area contributed by atoms with Gasteiger partial charge in [-0.05, 0) is 0 Å². The van der Waals surface area contributed by atoms with Gasteiger partial charge in [0.1, 0.15) is 0 Å². The van der Waals surface area contributed by atoms with Gasteiger partial charge in [0, 0.05) is 0 Å². The Bertz CT molecular complexity index is 471. The Labute approximate surface area is 59.0 Å². The van der Waals surface area contributed by atoms with Crippen LogP contribution >= 0.6 is 0 Å². The fraction of sp³-hybridized carbons (Fsp3) is 0. The monoisotopic (exact) mass is 243 g/mol. The van der Waals surface area contributed by atoms with Crippen LogP contribution in [0, 0.1) is 0 Å². The molecular weight excluding hydrogens is 243 g/mol. The van der Waals surface area contributed by atoms with Crippen LogP contribution in [0.4, 0.5) is 0 Å². The third-order valence-electron chi connectivity index (χ3n) is 0. The first-order valence-corrected chi connectivity index (χ1v) is 7.91. The van der Waals surface area contributed by atoms with Crippen molar-refractivity contribution in [2.75, 3.05) is 0 Å². The Balaban J connectivity index is 0. The molecule has 0 heterocycles. The van der Waals surface area contributed by atoms with Gasteiger partial charge in [0.15, 0.2) is 0 Å². The Morgan fingerprint density at radius 3 is 1.00 bits per heavy atom. The second-order valence-electron chi connectivity index (χ2n) is 1.00. The zero-order valence-electron chi connectivity index (χ0n) is 3.66. The van der Waals surface area contributed by atoms with Crippen LogP contribution in [0.5, 0.6) is 0 Å². The molecule has 0 aromatic rings. The standard InChI is InChI=1S/4B.Nb.O.Zr. The van der Waals surface area contributed by atoms with Gasteiger partial charge in [-0.3, -0.25) is 0 Å². The molecule has 0 unspecified atom stereocenters. The molecule has 0 aromatic carbocycles.